The lowest BCUT2D eigenvalue weighted by Gasteiger charge is -2.14. The zero-order valence-electron chi connectivity index (χ0n) is 16.2. The Morgan fingerprint density at radius 1 is 1.21 bits per heavy atom. The molecule has 3 rings (SSSR count). The molecule has 0 saturated heterocycles. The van der Waals surface area contributed by atoms with E-state index in [1.165, 1.54) is 31.3 Å². The smallest absolute Gasteiger partial charge is 0.242 e. The van der Waals surface area contributed by atoms with Gasteiger partial charge in [0.1, 0.15) is 22.6 Å². The van der Waals surface area contributed by atoms with Gasteiger partial charge in [-0.05, 0) is 37.1 Å². The molecule has 152 valence electrons. The van der Waals surface area contributed by atoms with Gasteiger partial charge in [0, 0.05) is 24.6 Å². The van der Waals surface area contributed by atoms with E-state index in [1.54, 1.807) is 17.7 Å². The molecule has 29 heavy (non-hydrogen) atoms. The van der Waals surface area contributed by atoms with E-state index in [-0.39, 0.29) is 11.4 Å². The first-order chi connectivity index (χ1) is 13.8. The van der Waals surface area contributed by atoms with Crippen LogP contribution in [0, 0.1) is 12.7 Å². The molecule has 0 spiro atoms. The van der Waals surface area contributed by atoms with Crippen LogP contribution in [0.1, 0.15) is 23.9 Å². The van der Waals surface area contributed by atoms with Crippen molar-refractivity contribution < 1.29 is 17.6 Å². The van der Waals surface area contributed by atoms with Gasteiger partial charge in [-0.25, -0.2) is 17.8 Å². The van der Waals surface area contributed by atoms with Crippen molar-refractivity contribution in [1.82, 2.24) is 9.55 Å². The maximum atomic E-state index is 13.7. The average Bonchev–Trinajstić information content (AvgIpc) is 3.10. The van der Waals surface area contributed by atoms with Gasteiger partial charge in [-0.15, -0.1) is 0 Å². The average molecular weight is 415 g/mol. The molecular weight excluding hydrogens is 393 g/mol. The summed E-state index contributed by atoms with van der Waals surface area (Å²) in [5.74, 6) is -1.20. The van der Waals surface area contributed by atoms with Gasteiger partial charge in [0.2, 0.25) is 5.91 Å². The first-order valence-corrected chi connectivity index (χ1v) is 10.8. The Kier molecular flexibility index (Phi) is 6.12. The van der Waals surface area contributed by atoms with Gasteiger partial charge in [-0.1, -0.05) is 36.4 Å². The fourth-order valence-electron chi connectivity index (χ4n) is 2.79. The van der Waals surface area contributed by atoms with E-state index in [2.05, 4.69) is 10.3 Å². The highest BCUT2D eigenvalue weighted by atomic mass is 32.2. The molecule has 1 aromatic heterocycles. The van der Waals surface area contributed by atoms with Crippen molar-refractivity contribution in [3.05, 3.63) is 83.7 Å². The minimum atomic E-state index is -3.82. The fraction of sp³-hybridized carbons (Fsp3) is 0.238. The summed E-state index contributed by atoms with van der Waals surface area (Å²) >= 11 is 0. The van der Waals surface area contributed by atoms with Gasteiger partial charge in [-0.2, -0.15) is 0 Å². The molecule has 1 unspecified atom stereocenters. The van der Waals surface area contributed by atoms with Gasteiger partial charge in [0.05, 0.1) is 0 Å². The van der Waals surface area contributed by atoms with Gasteiger partial charge in [-0.3, -0.25) is 4.79 Å². The maximum absolute atomic E-state index is 13.7. The van der Waals surface area contributed by atoms with Crippen LogP contribution in [0.5, 0.6) is 0 Å². The number of carbonyl (C=O) groups excluding carboxylic acids is 1. The molecule has 8 heteroatoms. The number of halogens is 1. The van der Waals surface area contributed by atoms with Crippen molar-refractivity contribution in [2.24, 2.45) is 0 Å². The van der Waals surface area contributed by atoms with Crippen LogP contribution in [0.2, 0.25) is 0 Å². The summed E-state index contributed by atoms with van der Waals surface area (Å²) in [6, 6.07) is 13.8. The largest absolute Gasteiger partial charge is 0.330 e. The molecule has 0 bridgehead atoms. The minimum absolute atomic E-state index is 0.214. The second-order valence-corrected chi connectivity index (χ2v) is 9.18. The van der Waals surface area contributed by atoms with Crippen LogP contribution in [0.25, 0.3) is 0 Å². The number of nitrogens with zero attached hydrogens (tertiary/aromatic N) is 2. The summed E-state index contributed by atoms with van der Waals surface area (Å²) in [5, 5.41) is 1.15. The van der Waals surface area contributed by atoms with E-state index in [1.807, 2.05) is 30.3 Å². The summed E-state index contributed by atoms with van der Waals surface area (Å²) in [7, 11) is -3.82. The van der Waals surface area contributed by atoms with Gasteiger partial charge >= 0.3 is 0 Å². The SMILES string of the molecule is Cc1ccc(NC(=O)C(C)S(=O)(=O)Cc2nccn2Cc2ccccc2)cc1F. The van der Waals surface area contributed by atoms with E-state index in [0.717, 1.165) is 5.56 Å². The van der Waals surface area contributed by atoms with E-state index < -0.39 is 26.8 Å². The highest BCUT2D eigenvalue weighted by Crippen LogP contribution is 2.17. The highest BCUT2D eigenvalue weighted by Gasteiger charge is 2.30. The van der Waals surface area contributed by atoms with Crippen molar-refractivity contribution >= 4 is 21.4 Å². The Balaban J connectivity index is 1.71. The third kappa shape index (κ3) is 5.08. The first-order valence-electron chi connectivity index (χ1n) is 9.09. The Labute approximate surface area is 169 Å². The Hall–Kier alpha value is -3.00. The van der Waals surface area contributed by atoms with E-state index in [0.29, 0.717) is 17.9 Å². The predicted molar refractivity (Wildman–Crippen MR) is 110 cm³/mol. The first kappa shape index (κ1) is 20.7. The van der Waals surface area contributed by atoms with Crippen molar-refractivity contribution in [3.63, 3.8) is 0 Å². The quantitative estimate of drug-likeness (QED) is 0.642. The molecule has 0 aliphatic heterocycles. The number of imidazole rings is 1. The number of aromatic nitrogens is 2. The number of anilines is 1. The van der Waals surface area contributed by atoms with Crippen LogP contribution in [0.4, 0.5) is 10.1 Å². The maximum Gasteiger partial charge on any atom is 0.242 e. The summed E-state index contributed by atoms with van der Waals surface area (Å²) in [4.78, 5) is 16.6. The van der Waals surface area contributed by atoms with Crippen molar-refractivity contribution in [2.45, 2.75) is 31.4 Å². The van der Waals surface area contributed by atoms with Crippen LogP contribution >= 0.6 is 0 Å². The van der Waals surface area contributed by atoms with E-state index in [9.17, 15) is 17.6 Å². The third-order valence-corrected chi connectivity index (χ3v) is 6.63. The number of hydrogen-bond donors (Lipinski definition) is 1. The fourth-order valence-corrected chi connectivity index (χ4v) is 4.02. The summed E-state index contributed by atoms with van der Waals surface area (Å²) < 4.78 is 40.9. The van der Waals surface area contributed by atoms with Crippen LogP contribution in [-0.2, 0) is 26.9 Å². The molecule has 2 aromatic carbocycles. The number of aryl methyl sites for hydroxylation is 1. The highest BCUT2D eigenvalue weighted by molar-refractivity contribution is 7.92. The van der Waals surface area contributed by atoms with E-state index in [4.69, 9.17) is 0 Å². The molecule has 1 amide bonds. The molecule has 1 heterocycles. The lowest BCUT2D eigenvalue weighted by atomic mass is 10.2. The monoisotopic (exact) mass is 415 g/mol. The van der Waals surface area contributed by atoms with Crippen LogP contribution in [0.15, 0.2) is 60.9 Å². The molecule has 0 radical (unpaired) electrons. The normalized spacial score (nSPS) is 12.5. The molecule has 0 aliphatic carbocycles. The number of carbonyl (C=O) groups is 1. The molecule has 0 fully saturated rings. The van der Waals surface area contributed by atoms with E-state index >= 15 is 0 Å². The molecule has 1 N–H and O–H groups in total. The number of benzene rings is 2. The Morgan fingerprint density at radius 2 is 1.93 bits per heavy atom. The summed E-state index contributed by atoms with van der Waals surface area (Å²) in [5.41, 5.74) is 1.66. The lowest BCUT2D eigenvalue weighted by molar-refractivity contribution is -0.115. The number of rotatable bonds is 7. The number of hydrogen-bond acceptors (Lipinski definition) is 4. The Morgan fingerprint density at radius 3 is 2.62 bits per heavy atom. The van der Waals surface area contributed by atoms with Crippen molar-refractivity contribution in [2.75, 3.05) is 5.32 Å². The minimum Gasteiger partial charge on any atom is -0.330 e. The van der Waals surface area contributed by atoms with Gasteiger partial charge in [0.15, 0.2) is 9.84 Å². The van der Waals surface area contributed by atoms with Crippen LogP contribution < -0.4 is 5.32 Å². The number of sulfone groups is 1. The zero-order valence-corrected chi connectivity index (χ0v) is 17.0. The molecular formula is C21H22FN3O3S. The second kappa shape index (κ2) is 8.57. The van der Waals surface area contributed by atoms with Crippen LogP contribution in [0.3, 0.4) is 0 Å². The molecule has 0 saturated carbocycles. The zero-order chi connectivity index (χ0) is 21.0. The van der Waals surface area contributed by atoms with Gasteiger partial charge < -0.3 is 9.88 Å². The molecule has 6 nitrogen and oxygen atoms in total. The summed E-state index contributed by atoms with van der Waals surface area (Å²) in [6.07, 6.45) is 3.24. The topological polar surface area (TPSA) is 81.1 Å². The predicted octanol–water partition coefficient (Wildman–Crippen LogP) is 3.32. The molecule has 3 aromatic rings. The molecule has 0 aliphatic rings. The lowest BCUT2D eigenvalue weighted by Crippen LogP contribution is -2.34. The van der Waals surface area contributed by atoms with Crippen LogP contribution in [-0.4, -0.2) is 29.1 Å². The standard InChI is InChI=1S/C21H22FN3O3S/c1-15-8-9-18(12-19(15)22)24-21(26)16(2)29(27,28)14-20-23-10-11-25(20)13-17-6-4-3-5-7-17/h3-12,16H,13-14H2,1-2H3,(H,24,26). The summed E-state index contributed by atoms with van der Waals surface area (Å²) in [6.45, 7) is 3.40. The van der Waals surface area contributed by atoms with Crippen molar-refractivity contribution in [1.29, 1.82) is 0 Å². The van der Waals surface area contributed by atoms with Crippen molar-refractivity contribution in [3.8, 4) is 0 Å². The van der Waals surface area contributed by atoms with Gasteiger partial charge in [0.25, 0.3) is 0 Å². The number of amides is 1. The third-order valence-electron chi connectivity index (χ3n) is 4.68. The second-order valence-electron chi connectivity index (χ2n) is 6.86. The number of nitrogens with one attached hydrogen (secondary N) is 1. The molecule has 1 atom stereocenters. The Bertz CT molecular complexity index is 1110.